The molecule has 0 radical (unpaired) electrons. The molecule has 0 saturated heterocycles. The predicted octanol–water partition coefficient (Wildman–Crippen LogP) is 9.04. The lowest BCUT2D eigenvalue weighted by Crippen LogP contribution is -2.08. The zero-order valence-electron chi connectivity index (χ0n) is 21.0. The molecule has 4 heteroatoms. The van der Waals surface area contributed by atoms with Crippen LogP contribution in [0.4, 0.5) is 0 Å². The molecule has 36 heavy (non-hydrogen) atoms. The monoisotopic (exact) mass is 510 g/mol. The third kappa shape index (κ3) is 4.29. The molecule has 2 nitrogen and oxygen atoms in total. The van der Waals surface area contributed by atoms with Crippen LogP contribution >= 0.6 is 11.3 Å². The maximum Gasteiger partial charge on any atom is 0.204 e. The van der Waals surface area contributed by atoms with Crippen molar-refractivity contribution in [1.29, 1.82) is 0 Å². The Kier molecular flexibility index (Phi) is 6.59. The molecule has 4 aromatic rings. The van der Waals surface area contributed by atoms with Gasteiger partial charge >= 0.3 is 0 Å². The second-order valence-corrected chi connectivity index (χ2v) is 12.7. The van der Waals surface area contributed by atoms with E-state index >= 15 is 0 Å². The van der Waals surface area contributed by atoms with Crippen molar-refractivity contribution in [2.75, 3.05) is 0 Å². The van der Waals surface area contributed by atoms with Crippen LogP contribution in [0.3, 0.4) is 0 Å². The quantitative estimate of drug-likeness (QED) is 0.259. The van der Waals surface area contributed by atoms with Gasteiger partial charge in [-0.05, 0) is 57.4 Å². The lowest BCUT2D eigenvalue weighted by molar-refractivity contribution is 0.606. The summed E-state index contributed by atoms with van der Waals surface area (Å²) in [7, 11) is -3.60. The number of sulfone groups is 1. The summed E-state index contributed by atoms with van der Waals surface area (Å²) in [5, 5.41) is 0. The van der Waals surface area contributed by atoms with Crippen LogP contribution < -0.4 is 0 Å². The molecule has 0 fully saturated rings. The molecule has 0 spiro atoms. The first-order valence-corrected chi connectivity index (χ1v) is 14.6. The fourth-order valence-electron chi connectivity index (χ4n) is 4.96. The molecule has 3 aromatic carbocycles. The Morgan fingerprint density at radius 1 is 0.639 bits per heavy atom. The molecule has 1 aromatic heterocycles. The Morgan fingerprint density at radius 2 is 1.19 bits per heavy atom. The number of benzene rings is 3. The maximum absolute atomic E-state index is 13.8. The molecular weight excluding hydrogens is 480 g/mol. The maximum atomic E-state index is 13.8. The standard InChI is InChI=1S/C32H30O2S2/c1-21(2)31-27(19-29(35-31)23-13-7-5-8-14-23)25-17-11-12-18-26(25)28-20-30(24-15-9-6-10-16-24)36(33,34)32(28)22(3)4/h5-22H,1-4H3. The van der Waals surface area contributed by atoms with Crippen LogP contribution in [0.25, 0.3) is 32.0 Å². The molecular formula is C32H30O2S2. The zero-order chi connectivity index (χ0) is 25.4. The van der Waals surface area contributed by atoms with Gasteiger partial charge in [-0.25, -0.2) is 8.42 Å². The van der Waals surface area contributed by atoms with Gasteiger partial charge < -0.3 is 0 Å². The van der Waals surface area contributed by atoms with E-state index in [0.717, 1.165) is 22.3 Å². The molecule has 0 amide bonds. The van der Waals surface area contributed by atoms with E-state index in [1.165, 1.54) is 20.9 Å². The van der Waals surface area contributed by atoms with Gasteiger partial charge in [-0.3, -0.25) is 0 Å². The number of hydrogen-bond acceptors (Lipinski definition) is 3. The van der Waals surface area contributed by atoms with Gasteiger partial charge in [-0.15, -0.1) is 11.3 Å². The fraction of sp³-hybridized carbons (Fsp3) is 0.188. The predicted molar refractivity (Wildman–Crippen MR) is 154 cm³/mol. The number of rotatable bonds is 6. The van der Waals surface area contributed by atoms with E-state index in [1.807, 2.05) is 79.8 Å². The third-order valence-electron chi connectivity index (χ3n) is 6.55. The molecule has 0 saturated carbocycles. The zero-order valence-corrected chi connectivity index (χ0v) is 22.7. The Balaban J connectivity index is 1.74. The van der Waals surface area contributed by atoms with Crippen LogP contribution in [0.15, 0.2) is 102 Å². The van der Waals surface area contributed by atoms with Crippen molar-refractivity contribution in [3.8, 4) is 21.6 Å². The van der Waals surface area contributed by atoms with Crippen molar-refractivity contribution in [2.24, 2.45) is 5.92 Å². The number of hydrogen-bond donors (Lipinski definition) is 0. The topological polar surface area (TPSA) is 34.1 Å². The van der Waals surface area contributed by atoms with E-state index in [9.17, 15) is 8.42 Å². The summed E-state index contributed by atoms with van der Waals surface area (Å²) in [6.07, 6.45) is 1.89. The number of allylic oxidation sites excluding steroid dienone is 3. The van der Waals surface area contributed by atoms with Gasteiger partial charge in [0, 0.05) is 9.75 Å². The van der Waals surface area contributed by atoms with Gasteiger partial charge in [0.15, 0.2) is 0 Å². The summed E-state index contributed by atoms with van der Waals surface area (Å²) in [6, 6.07) is 30.4. The molecule has 0 unspecified atom stereocenters. The minimum atomic E-state index is -3.60. The molecule has 0 bridgehead atoms. The minimum absolute atomic E-state index is 0.137. The Hall–Kier alpha value is -3.21. The van der Waals surface area contributed by atoms with Gasteiger partial charge in [0.25, 0.3) is 0 Å². The van der Waals surface area contributed by atoms with Crippen molar-refractivity contribution in [3.05, 3.63) is 118 Å². The lowest BCUT2D eigenvalue weighted by Gasteiger charge is -2.15. The van der Waals surface area contributed by atoms with Crippen LogP contribution in [0.5, 0.6) is 0 Å². The van der Waals surface area contributed by atoms with Crippen LogP contribution in [-0.2, 0) is 9.84 Å². The average Bonchev–Trinajstić information content (AvgIpc) is 3.44. The highest BCUT2D eigenvalue weighted by Gasteiger charge is 2.36. The van der Waals surface area contributed by atoms with Gasteiger partial charge in [0.1, 0.15) is 0 Å². The van der Waals surface area contributed by atoms with Crippen molar-refractivity contribution in [2.45, 2.75) is 33.6 Å². The summed E-state index contributed by atoms with van der Waals surface area (Å²) in [5.74, 6) is 0.208. The van der Waals surface area contributed by atoms with Crippen LogP contribution in [0.2, 0.25) is 0 Å². The van der Waals surface area contributed by atoms with Crippen molar-refractivity contribution < 1.29 is 8.42 Å². The van der Waals surface area contributed by atoms with E-state index in [0.29, 0.717) is 15.7 Å². The fourth-order valence-corrected chi connectivity index (χ4v) is 8.18. The third-order valence-corrected chi connectivity index (χ3v) is 10.2. The van der Waals surface area contributed by atoms with E-state index in [4.69, 9.17) is 0 Å². The molecule has 0 atom stereocenters. The molecule has 2 heterocycles. The van der Waals surface area contributed by atoms with E-state index < -0.39 is 9.84 Å². The molecule has 182 valence electrons. The first-order valence-electron chi connectivity index (χ1n) is 12.3. The summed E-state index contributed by atoms with van der Waals surface area (Å²) in [4.78, 5) is 3.41. The lowest BCUT2D eigenvalue weighted by atomic mass is 9.90. The summed E-state index contributed by atoms with van der Waals surface area (Å²) in [5.41, 5.74) is 5.96. The second-order valence-electron chi connectivity index (χ2n) is 9.77. The molecule has 1 aliphatic heterocycles. The molecule has 0 N–H and O–H groups in total. The van der Waals surface area contributed by atoms with Crippen molar-refractivity contribution in [1.82, 2.24) is 0 Å². The number of thiophene rings is 1. The minimum Gasteiger partial charge on any atom is -0.219 e. The van der Waals surface area contributed by atoms with E-state index in [2.05, 4.69) is 56.3 Å². The van der Waals surface area contributed by atoms with Gasteiger partial charge in [-0.1, -0.05) is 113 Å². The van der Waals surface area contributed by atoms with Crippen molar-refractivity contribution in [3.63, 3.8) is 0 Å². The molecule has 5 rings (SSSR count). The summed E-state index contributed by atoms with van der Waals surface area (Å²) < 4.78 is 27.6. The SMILES string of the molecule is CC(C)C1=C(c2ccccc2-c2cc(-c3ccccc3)sc2C(C)C)C=C(c2ccccc2)S1(=O)=O. The smallest absolute Gasteiger partial charge is 0.204 e. The summed E-state index contributed by atoms with van der Waals surface area (Å²) in [6.45, 7) is 8.38. The first-order chi connectivity index (χ1) is 17.3. The van der Waals surface area contributed by atoms with Crippen molar-refractivity contribution >= 4 is 31.7 Å². The Bertz CT molecular complexity index is 1570. The van der Waals surface area contributed by atoms with E-state index in [1.54, 1.807) is 0 Å². The first kappa shape index (κ1) is 24.5. The van der Waals surface area contributed by atoms with Gasteiger partial charge in [0.2, 0.25) is 9.84 Å². The Labute approximate surface area is 218 Å². The molecule has 1 aliphatic rings. The highest BCUT2D eigenvalue weighted by Crippen LogP contribution is 2.48. The average molecular weight is 511 g/mol. The van der Waals surface area contributed by atoms with Crippen LogP contribution in [0.1, 0.15) is 49.6 Å². The van der Waals surface area contributed by atoms with E-state index in [-0.39, 0.29) is 5.92 Å². The highest BCUT2D eigenvalue weighted by atomic mass is 32.2. The Morgan fingerprint density at radius 3 is 1.78 bits per heavy atom. The second kappa shape index (κ2) is 9.68. The van der Waals surface area contributed by atoms with Crippen LogP contribution in [0, 0.1) is 5.92 Å². The van der Waals surface area contributed by atoms with Crippen LogP contribution in [-0.4, -0.2) is 8.42 Å². The molecule has 0 aliphatic carbocycles. The largest absolute Gasteiger partial charge is 0.219 e. The van der Waals surface area contributed by atoms with Gasteiger partial charge in [0.05, 0.1) is 9.81 Å². The van der Waals surface area contributed by atoms with Gasteiger partial charge in [-0.2, -0.15) is 0 Å². The highest BCUT2D eigenvalue weighted by molar-refractivity contribution is 8.04. The normalized spacial score (nSPS) is 15.1. The summed E-state index contributed by atoms with van der Waals surface area (Å²) >= 11 is 1.82.